The molecule has 5 rings (SSSR count). The molecule has 0 bridgehead atoms. The summed E-state index contributed by atoms with van der Waals surface area (Å²) in [5, 5.41) is 13.7. The number of aryl methyl sites for hydroxylation is 1. The van der Waals surface area contributed by atoms with Gasteiger partial charge in [0.2, 0.25) is 17.7 Å². The van der Waals surface area contributed by atoms with Gasteiger partial charge in [-0.2, -0.15) is 0 Å². The van der Waals surface area contributed by atoms with Crippen LogP contribution in [0.25, 0.3) is 11.0 Å². The van der Waals surface area contributed by atoms with Crippen LogP contribution in [0.2, 0.25) is 0 Å². The summed E-state index contributed by atoms with van der Waals surface area (Å²) in [6, 6.07) is 8.89. The van der Waals surface area contributed by atoms with E-state index < -0.39 is 42.0 Å². The predicted molar refractivity (Wildman–Crippen MR) is 179 cm³/mol. The molecule has 276 valence electrons. The second kappa shape index (κ2) is 15.6. The summed E-state index contributed by atoms with van der Waals surface area (Å²) in [5.41, 5.74) is 2.10. The number of hydrogen-bond acceptors (Lipinski definition) is 8. The van der Waals surface area contributed by atoms with E-state index in [0.29, 0.717) is 30.6 Å². The van der Waals surface area contributed by atoms with Crippen LogP contribution in [0.5, 0.6) is 5.75 Å². The van der Waals surface area contributed by atoms with Gasteiger partial charge in [-0.05, 0) is 94.2 Å². The molecule has 2 unspecified atom stereocenters. The number of halogens is 3. The van der Waals surface area contributed by atoms with Crippen LogP contribution in [0.1, 0.15) is 64.0 Å². The highest BCUT2D eigenvalue weighted by molar-refractivity contribution is 5.92. The molecule has 2 aliphatic heterocycles. The van der Waals surface area contributed by atoms with E-state index in [1.54, 1.807) is 37.4 Å². The van der Waals surface area contributed by atoms with Crippen LogP contribution in [0, 0.1) is 5.92 Å². The van der Waals surface area contributed by atoms with E-state index in [0.717, 1.165) is 23.9 Å². The molecule has 0 radical (unpaired) electrons. The topological polar surface area (TPSA) is 148 Å². The van der Waals surface area contributed by atoms with Crippen molar-refractivity contribution < 1.29 is 41.8 Å². The van der Waals surface area contributed by atoms with E-state index in [-0.39, 0.29) is 49.9 Å². The van der Waals surface area contributed by atoms with Crippen LogP contribution in [0.15, 0.2) is 42.5 Å². The maximum Gasteiger partial charge on any atom is 0.573 e. The molecule has 16 heteroatoms. The maximum absolute atomic E-state index is 14.3. The highest BCUT2D eigenvalue weighted by Crippen LogP contribution is 2.30. The van der Waals surface area contributed by atoms with Gasteiger partial charge in [-0.25, -0.2) is 9.48 Å². The van der Waals surface area contributed by atoms with Crippen molar-refractivity contribution in [2.75, 3.05) is 19.6 Å². The average molecular weight is 716 g/mol. The molecule has 2 fully saturated rings. The summed E-state index contributed by atoms with van der Waals surface area (Å²) in [6.45, 7) is 6.64. The minimum Gasteiger partial charge on any atom is -0.444 e. The smallest absolute Gasteiger partial charge is 0.444 e. The molecule has 0 spiro atoms. The molecule has 2 saturated heterocycles. The number of amides is 4. The summed E-state index contributed by atoms with van der Waals surface area (Å²) in [7, 11) is 1.77. The average Bonchev–Trinajstić information content (AvgIpc) is 3.82. The predicted octanol–water partition coefficient (Wildman–Crippen LogP) is 4.24. The van der Waals surface area contributed by atoms with Crippen molar-refractivity contribution in [1.29, 1.82) is 0 Å². The number of alkyl halides is 3. The van der Waals surface area contributed by atoms with E-state index in [2.05, 4.69) is 25.7 Å². The number of benzene rings is 2. The number of rotatable bonds is 11. The molecule has 3 aromatic rings. The van der Waals surface area contributed by atoms with Crippen molar-refractivity contribution in [1.82, 2.24) is 35.4 Å². The first kappa shape index (κ1) is 37.4. The third-order valence-corrected chi connectivity index (χ3v) is 8.89. The quantitative estimate of drug-likeness (QED) is 0.300. The van der Waals surface area contributed by atoms with Gasteiger partial charge in [0, 0.05) is 39.6 Å². The van der Waals surface area contributed by atoms with Gasteiger partial charge in [-0.3, -0.25) is 14.4 Å². The summed E-state index contributed by atoms with van der Waals surface area (Å²) < 4.78 is 49.1. The Morgan fingerprint density at radius 2 is 1.69 bits per heavy atom. The number of nitrogens with one attached hydrogen (secondary N) is 2. The van der Waals surface area contributed by atoms with Crippen LogP contribution in [-0.2, 0) is 39.1 Å². The largest absolute Gasteiger partial charge is 0.573 e. The second-order valence-electron chi connectivity index (χ2n) is 14.1. The first-order chi connectivity index (χ1) is 24.0. The Balaban J connectivity index is 1.34. The van der Waals surface area contributed by atoms with Crippen LogP contribution >= 0.6 is 0 Å². The molecule has 3 heterocycles. The Morgan fingerprint density at radius 1 is 1.00 bits per heavy atom. The molecule has 3 atom stereocenters. The first-order valence-corrected chi connectivity index (χ1v) is 17.0. The van der Waals surface area contributed by atoms with E-state index in [1.807, 2.05) is 18.2 Å². The van der Waals surface area contributed by atoms with Gasteiger partial charge >= 0.3 is 12.5 Å². The molecule has 0 aliphatic carbocycles. The lowest BCUT2D eigenvalue weighted by Crippen LogP contribution is -2.54. The fourth-order valence-electron chi connectivity index (χ4n) is 6.53. The van der Waals surface area contributed by atoms with Crippen molar-refractivity contribution in [3.8, 4) is 5.75 Å². The van der Waals surface area contributed by atoms with Gasteiger partial charge < -0.3 is 29.9 Å². The number of carbonyl (C=O) groups excluding carboxylic acids is 4. The summed E-state index contributed by atoms with van der Waals surface area (Å²) in [4.78, 5) is 57.1. The molecule has 4 amide bonds. The van der Waals surface area contributed by atoms with Gasteiger partial charge in [-0.1, -0.05) is 23.4 Å². The lowest BCUT2D eigenvalue weighted by Gasteiger charge is -2.30. The molecule has 2 aliphatic rings. The third-order valence-electron chi connectivity index (χ3n) is 8.89. The van der Waals surface area contributed by atoms with Gasteiger partial charge in [0.05, 0.1) is 5.52 Å². The molecular formula is C35H44F3N7O6. The standard InChI is InChI=1S/C35H44F3N7O6/c1-34(2,3)51-33(49)40-26(12-14-30(46)44-15-5-6-16-44)32(48)45-21-24(17-22-7-10-25(11-8-22)50-35(36,37)38)19-29(45)31(47)39-20-23-9-13-28-27(18-23)41-42-43(28)4/h7-11,13,18,24,26,29H,5-6,12,14-17,19-21H2,1-4H3,(H,39,47)(H,40,49)/t24?,26-,29?/m1/s1. The third kappa shape index (κ3) is 10.3. The molecule has 2 N–H and O–H groups in total. The zero-order valence-corrected chi connectivity index (χ0v) is 29.2. The number of hydrogen-bond donors (Lipinski definition) is 2. The number of alkyl carbamates (subject to hydrolysis) is 1. The van der Waals surface area contributed by atoms with Crippen molar-refractivity contribution in [3.63, 3.8) is 0 Å². The number of fused-ring (bicyclic) bond motifs is 1. The Kier molecular flexibility index (Phi) is 11.4. The van der Waals surface area contributed by atoms with E-state index in [9.17, 15) is 32.3 Å². The lowest BCUT2D eigenvalue weighted by molar-refractivity contribution is -0.274. The lowest BCUT2D eigenvalue weighted by atomic mass is 9.96. The Morgan fingerprint density at radius 3 is 2.35 bits per heavy atom. The van der Waals surface area contributed by atoms with Gasteiger partial charge in [0.15, 0.2) is 0 Å². The first-order valence-electron chi connectivity index (χ1n) is 17.0. The van der Waals surface area contributed by atoms with Crippen molar-refractivity contribution in [2.45, 2.75) is 89.9 Å². The highest BCUT2D eigenvalue weighted by Gasteiger charge is 2.42. The maximum atomic E-state index is 14.3. The SMILES string of the molecule is Cn1nnc2cc(CNC(=O)C3CC(Cc4ccc(OC(F)(F)F)cc4)CN3C(=O)[C@@H](CCC(=O)N3CCCC3)NC(=O)OC(C)(C)C)ccc21. The van der Waals surface area contributed by atoms with Crippen molar-refractivity contribution >= 4 is 34.8 Å². The monoisotopic (exact) mass is 715 g/mol. The van der Waals surface area contributed by atoms with E-state index >= 15 is 0 Å². The van der Waals surface area contributed by atoms with Crippen molar-refractivity contribution in [2.24, 2.45) is 13.0 Å². The van der Waals surface area contributed by atoms with Gasteiger partial charge in [-0.15, -0.1) is 18.3 Å². The van der Waals surface area contributed by atoms with Gasteiger partial charge in [0.25, 0.3) is 0 Å². The molecular weight excluding hydrogens is 671 g/mol. The summed E-state index contributed by atoms with van der Waals surface area (Å²) in [6.07, 6.45) is -3.21. The number of likely N-dealkylation sites (tertiary alicyclic amines) is 2. The number of carbonyl (C=O) groups is 4. The molecule has 13 nitrogen and oxygen atoms in total. The molecule has 51 heavy (non-hydrogen) atoms. The van der Waals surface area contributed by atoms with E-state index in [4.69, 9.17) is 4.74 Å². The normalized spacial score (nSPS) is 18.5. The minimum atomic E-state index is -4.82. The Hall–Kier alpha value is -4.89. The van der Waals surface area contributed by atoms with Gasteiger partial charge in [0.1, 0.15) is 29.0 Å². The van der Waals surface area contributed by atoms with Crippen LogP contribution in [0.4, 0.5) is 18.0 Å². The summed E-state index contributed by atoms with van der Waals surface area (Å²) in [5.74, 6) is -1.67. The Labute approximate surface area is 293 Å². The van der Waals surface area contributed by atoms with Crippen LogP contribution in [-0.4, -0.2) is 92.3 Å². The zero-order valence-electron chi connectivity index (χ0n) is 29.2. The molecule has 1 aromatic heterocycles. The molecule has 0 saturated carbocycles. The Bertz CT molecular complexity index is 1720. The summed E-state index contributed by atoms with van der Waals surface area (Å²) >= 11 is 0. The molecule has 2 aromatic carbocycles. The van der Waals surface area contributed by atoms with Crippen LogP contribution in [0.3, 0.4) is 0 Å². The minimum absolute atomic E-state index is 0.00169. The second-order valence-corrected chi connectivity index (χ2v) is 14.1. The fraction of sp³-hybridized carbons (Fsp3) is 0.543. The fourth-order valence-corrected chi connectivity index (χ4v) is 6.53. The number of aromatic nitrogens is 3. The van der Waals surface area contributed by atoms with E-state index in [1.165, 1.54) is 29.2 Å². The number of ether oxygens (including phenoxy) is 2. The number of nitrogens with zero attached hydrogens (tertiary/aromatic N) is 5. The highest BCUT2D eigenvalue weighted by atomic mass is 19.4. The zero-order chi connectivity index (χ0) is 36.9. The van der Waals surface area contributed by atoms with Crippen LogP contribution < -0.4 is 15.4 Å². The van der Waals surface area contributed by atoms with Crippen molar-refractivity contribution in [3.05, 3.63) is 53.6 Å².